The van der Waals surface area contributed by atoms with Crippen LogP contribution in [0.2, 0.25) is 0 Å². The number of amides is 1. The quantitative estimate of drug-likeness (QED) is 0.688. The molecule has 33 heavy (non-hydrogen) atoms. The number of aromatic nitrogens is 1. The van der Waals surface area contributed by atoms with Crippen LogP contribution in [-0.4, -0.2) is 59.5 Å². The monoisotopic (exact) mass is 447 g/mol. The first-order valence-electron chi connectivity index (χ1n) is 12.5. The second kappa shape index (κ2) is 11.0. The zero-order valence-corrected chi connectivity index (χ0v) is 20.1. The molecule has 0 atom stereocenters. The van der Waals surface area contributed by atoms with Crippen LogP contribution in [0.5, 0.6) is 0 Å². The van der Waals surface area contributed by atoms with E-state index in [1.807, 2.05) is 6.92 Å². The number of piperazine rings is 1. The normalized spacial score (nSPS) is 18.2. The van der Waals surface area contributed by atoms with Gasteiger partial charge >= 0.3 is 0 Å². The summed E-state index contributed by atoms with van der Waals surface area (Å²) in [6, 6.07) is 13.3. The van der Waals surface area contributed by atoms with Crippen molar-refractivity contribution in [2.75, 3.05) is 44.6 Å². The van der Waals surface area contributed by atoms with Crippen LogP contribution < -0.4 is 5.32 Å². The molecule has 1 N–H and O–H groups in total. The van der Waals surface area contributed by atoms with Gasteiger partial charge in [0.15, 0.2) is 0 Å². The van der Waals surface area contributed by atoms with E-state index in [4.69, 9.17) is 0 Å². The molecule has 1 saturated heterocycles. The van der Waals surface area contributed by atoms with Gasteiger partial charge in [0.05, 0.1) is 12.1 Å². The van der Waals surface area contributed by atoms with Gasteiger partial charge in [-0.3, -0.25) is 9.69 Å². The predicted octanol–water partition coefficient (Wildman–Crippen LogP) is 4.28. The summed E-state index contributed by atoms with van der Waals surface area (Å²) in [5, 5.41) is 12.9. The summed E-state index contributed by atoms with van der Waals surface area (Å²) >= 11 is 0. The minimum atomic E-state index is -0.0150. The zero-order chi connectivity index (χ0) is 23.2. The Morgan fingerprint density at radius 2 is 1.70 bits per heavy atom. The van der Waals surface area contributed by atoms with Crippen molar-refractivity contribution < 1.29 is 4.79 Å². The van der Waals surface area contributed by atoms with Crippen molar-refractivity contribution in [2.45, 2.75) is 58.4 Å². The van der Waals surface area contributed by atoms with Gasteiger partial charge in [-0.25, -0.2) is 0 Å². The maximum absolute atomic E-state index is 13.0. The average Bonchev–Trinajstić information content (AvgIpc) is 3.08. The van der Waals surface area contributed by atoms with E-state index in [0.717, 1.165) is 63.2 Å². The van der Waals surface area contributed by atoms with Gasteiger partial charge in [0.2, 0.25) is 5.91 Å². The van der Waals surface area contributed by atoms with E-state index in [9.17, 15) is 10.1 Å². The zero-order valence-electron chi connectivity index (χ0n) is 20.1. The van der Waals surface area contributed by atoms with E-state index >= 15 is 0 Å². The Bertz CT molecular complexity index is 976. The van der Waals surface area contributed by atoms with Gasteiger partial charge in [0.25, 0.3) is 0 Å². The number of nitrogens with one attached hydrogen (secondary N) is 1. The minimum absolute atomic E-state index is 0.0150. The van der Waals surface area contributed by atoms with Crippen molar-refractivity contribution in [2.24, 2.45) is 0 Å². The highest BCUT2D eigenvalue weighted by Gasteiger charge is 2.26. The SMILES string of the molecule is Cc1c(C#N)c(NC(=O)CN2CCN(CCc3ccccc3)CC2)n(C2CCCCC2)c1C. The lowest BCUT2D eigenvalue weighted by Gasteiger charge is -2.34. The molecule has 2 fully saturated rings. The van der Waals surface area contributed by atoms with Crippen LogP contribution in [0.15, 0.2) is 30.3 Å². The second-order valence-corrected chi connectivity index (χ2v) is 9.61. The molecule has 2 aromatic rings. The van der Waals surface area contributed by atoms with Crippen LogP contribution >= 0.6 is 0 Å². The Balaban J connectivity index is 1.33. The van der Waals surface area contributed by atoms with Crippen LogP contribution in [0.25, 0.3) is 0 Å². The molecular formula is C27H37N5O. The molecule has 176 valence electrons. The lowest BCUT2D eigenvalue weighted by Crippen LogP contribution is -2.49. The smallest absolute Gasteiger partial charge is 0.239 e. The molecule has 0 radical (unpaired) electrons. The summed E-state index contributed by atoms with van der Waals surface area (Å²) in [5.41, 5.74) is 4.10. The number of anilines is 1. The van der Waals surface area contributed by atoms with E-state index in [0.29, 0.717) is 24.0 Å². The largest absolute Gasteiger partial charge is 0.327 e. The maximum atomic E-state index is 13.0. The highest BCUT2D eigenvalue weighted by atomic mass is 16.2. The Morgan fingerprint density at radius 3 is 2.36 bits per heavy atom. The van der Waals surface area contributed by atoms with E-state index in [1.54, 1.807) is 0 Å². The van der Waals surface area contributed by atoms with Gasteiger partial charge in [0, 0.05) is 44.5 Å². The number of hydrogen-bond donors (Lipinski definition) is 1. The average molecular weight is 448 g/mol. The van der Waals surface area contributed by atoms with Crippen LogP contribution in [0.1, 0.15) is 60.5 Å². The summed E-state index contributed by atoms with van der Waals surface area (Å²) in [6.45, 7) is 9.28. The van der Waals surface area contributed by atoms with E-state index in [2.05, 4.69) is 63.0 Å². The molecule has 6 heteroatoms. The van der Waals surface area contributed by atoms with E-state index < -0.39 is 0 Å². The van der Waals surface area contributed by atoms with Crippen molar-refractivity contribution in [3.05, 3.63) is 52.7 Å². The summed E-state index contributed by atoms with van der Waals surface area (Å²) in [5.74, 6) is 0.699. The molecular weight excluding hydrogens is 410 g/mol. The van der Waals surface area contributed by atoms with Crippen LogP contribution in [-0.2, 0) is 11.2 Å². The number of carbonyl (C=O) groups is 1. The predicted molar refractivity (Wildman–Crippen MR) is 132 cm³/mol. The molecule has 1 aliphatic carbocycles. The van der Waals surface area contributed by atoms with Gasteiger partial charge in [-0.1, -0.05) is 49.6 Å². The van der Waals surface area contributed by atoms with Crippen molar-refractivity contribution in [3.8, 4) is 6.07 Å². The lowest BCUT2D eigenvalue weighted by molar-refractivity contribution is -0.117. The molecule has 0 bridgehead atoms. The summed E-state index contributed by atoms with van der Waals surface area (Å²) in [6.07, 6.45) is 7.01. The third-order valence-corrected chi connectivity index (χ3v) is 7.46. The Labute approximate surface area is 198 Å². The molecule has 6 nitrogen and oxygen atoms in total. The van der Waals surface area contributed by atoms with Gasteiger partial charge in [0.1, 0.15) is 11.9 Å². The molecule has 1 amide bonds. The molecule has 0 spiro atoms. The summed E-state index contributed by atoms with van der Waals surface area (Å²) in [4.78, 5) is 17.7. The highest BCUT2D eigenvalue weighted by Crippen LogP contribution is 2.36. The summed E-state index contributed by atoms with van der Waals surface area (Å²) in [7, 11) is 0. The molecule has 2 heterocycles. The number of hydrogen-bond acceptors (Lipinski definition) is 4. The first kappa shape index (κ1) is 23.5. The first-order valence-corrected chi connectivity index (χ1v) is 12.5. The summed E-state index contributed by atoms with van der Waals surface area (Å²) < 4.78 is 2.24. The van der Waals surface area contributed by atoms with Crippen LogP contribution in [0.3, 0.4) is 0 Å². The van der Waals surface area contributed by atoms with E-state index in [-0.39, 0.29) is 5.91 Å². The van der Waals surface area contributed by atoms with Crippen molar-refractivity contribution in [1.29, 1.82) is 5.26 Å². The molecule has 1 aliphatic heterocycles. The fraction of sp³-hybridized carbons (Fsp3) is 0.556. The fourth-order valence-corrected chi connectivity index (χ4v) is 5.36. The van der Waals surface area contributed by atoms with Crippen molar-refractivity contribution in [3.63, 3.8) is 0 Å². The molecule has 1 saturated carbocycles. The molecule has 1 aromatic carbocycles. The molecule has 4 rings (SSSR count). The lowest BCUT2D eigenvalue weighted by atomic mass is 9.95. The van der Waals surface area contributed by atoms with Gasteiger partial charge in [-0.05, 0) is 44.2 Å². The number of rotatable bonds is 7. The Hall–Kier alpha value is -2.62. The Kier molecular flexibility index (Phi) is 7.85. The molecule has 2 aliphatic rings. The van der Waals surface area contributed by atoms with Gasteiger partial charge < -0.3 is 14.8 Å². The first-order chi connectivity index (χ1) is 16.1. The van der Waals surface area contributed by atoms with Gasteiger partial charge in [-0.2, -0.15) is 5.26 Å². The van der Waals surface area contributed by atoms with E-state index in [1.165, 1.54) is 24.8 Å². The third kappa shape index (κ3) is 5.66. The molecule has 1 aromatic heterocycles. The maximum Gasteiger partial charge on any atom is 0.239 e. The Morgan fingerprint density at radius 1 is 1.03 bits per heavy atom. The van der Waals surface area contributed by atoms with Crippen molar-refractivity contribution >= 4 is 11.7 Å². The van der Waals surface area contributed by atoms with Crippen molar-refractivity contribution in [1.82, 2.24) is 14.4 Å². The second-order valence-electron chi connectivity index (χ2n) is 9.61. The van der Waals surface area contributed by atoms with Gasteiger partial charge in [-0.15, -0.1) is 0 Å². The standard InChI is InChI=1S/C27H37N5O/c1-21-22(2)32(24-11-7-4-8-12-24)27(25(21)19-28)29-26(33)20-31-17-15-30(16-18-31)14-13-23-9-5-3-6-10-23/h3,5-6,9-10,24H,4,7-8,11-18,20H2,1-2H3,(H,29,33). The number of nitriles is 1. The minimum Gasteiger partial charge on any atom is -0.327 e. The number of nitrogens with zero attached hydrogens (tertiary/aromatic N) is 4. The topological polar surface area (TPSA) is 64.3 Å². The fourth-order valence-electron chi connectivity index (χ4n) is 5.36. The number of carbonyl (C=O) groups excluding carboxylic acids is 1. The highest BCUT2D eigenvalue weighted by molar-refractivity contribution is 5.93. The molecule has 0 unspecified atom stereocenters. The van der Waals surface area contributed by atoms with Crippen LogP contribution in [0, 0.1) is 25.2 Å². The number of benzene rings is 1. The van der Waals surface area contributed by atoms with Crippen LogP contribution in [0.4, 0.5) is 5.82 Å². The third-order valence-electron chi connectivity index (χ3n) is 7.46.